The molecule has 4 nitrogen and oxygen atoms in total. The molecule has 0 spiro atoms. The summed E-state index contributed by atoms with van der Waals surface area (Å²) in [5.41, 5.74) is 2.14. The first-order valence-electron chi connectivity index (χ1n) is 8.01. The summed E-state index contributed by atoms with van der Waals surface area (Å²) in [6.45, 7) is 6.26. The average molecular weight is 306 g/mol. The number of hydrogen-bond acceptors (Lipinski definition) is 3. The van der Waals surface area contributed by atoms with Crippen LogP contribution in [0.5, 0.6) is 0 Å². The summed E-state index contributed by atoms with van der Waals surface area (Å²) in [7, 11) is 0. The second kappa shape index (κ2) is 8.17. The van der Waals surface area contributed by atoms with Crippen molar-refractivity contribution < 1.29 is 0 Å². The van der Waals surface area contributed by atoms with Crippen LogP contribution in [0.3, 0.4) is 0 Å². The number of thiocarbonyl (C=S) groups is 1. The van der Waals surface area contributed by atoms with Gasteiger partial charge in [-0.05, 0) is 45.0 Å². The molecule has 1 fully saturated rings. The van der Waals surface area contributed by atoms with Gasteiger partial charge in [-0.3, -0.25) is 4.98 Å². The molecule has 116 valence electrons. The van der Waals surface area contributed by atoms with Gasteiger partial charge in [0.1, 0.15) is 0 Å². The number of nitrogens with one attached hydrogen (secondary N) is 2. The van der Waals surface area contributed by atoms with Gasteiger partial charge in [-0.1, -0.05) is 19.3 Å². The molecule has 1 aromatic rings. The molecule has 1 heterocycles. The van der Waals surface area contributed by atoms with Crippen LogP contribution in [-0.4, -0.2) is 29.2 Å². The fraction of sp³-hybridized carbons (Fsp3) is 0.625. The third-order valence-corrected chi connectivity index (χ3v) is 4.31. The lowest BCUT2D eigenvalue weighted by Crippen LogP contribution is -2.39. The molecule has 1 saturated carbocycles. The normalized spacial score (nSPS) is 15.5. The van der Waals surface area contributed by atoms with Crippen LogP contribution in [0.15, 0.2) is 18.5 Å². The average Bonchev–Trinajstić information content (AvgIpc) is 2.51. The first-order chi connectivity index (χ1) is 10.2. The van der Waals surface area contributed by atoms with E-state index in [0.717, 1.165) is 24.5 Å². The lowest BCUT2D eigenvalue weighted by atomic mass is 9.96. The van der Waals surface area contributed by atoms with Gasteiger partial charge in [0.05, 0.1) is 17.6 Å². The van der Waals surface area contributed by atoms with Gasteiger partial charge < -0.3 is 15.5 Å². The van der Waals surface area contributed by atoms with Gasteiger partial charge in [-0.2, -0.15) is 0 Å². The standard InChI is InChI=1S/C16H26N4S/c1-3-20(4-2)15-10-11-17-12-14(15)19-16(21)18-13-8-6-5-7-9-13/h10-13H,3-9H2,1-2H3,(H2,18,19,21). The van der Waals surface area contributed by atoms with E-state index in [1.54, 1.807) is 0 Å². The van der Waals surface area contributed by atoms with Gasteiger partial charge in [0.15, 0.2) is 5.11 Å². The Kier molecular flexibility index (Phi) is 6.23. The maximum absolute atomic E-state index is 5.47. The second-order valence-electron chi connectivity index (χ2n) is 5.50. The van der Waals surface area contributed by atoms with Crippen molar-refractivity contribution >= 4 is 28.7 Å². The van der Waals surface area contributed by atoms with Crippen molar-refractivity contribution in [3.05, 3.63) is 18.5 Å². The van der Waals surface area contributed by atoms with Crippen molar-refractivity contribution in [2.24, 2.45) is 0 Å². The molecule has 1 aliphatic carbocycles. The van der Waals surface area contributed by atoms with E-state index >= 15 is 0 Å². The Labute approximate surface area is 133 Å². The van der Waals surface area contributed by atoms with Crippen LogP contribution in [0.1, 0.15) is 46.0 Å². The molecule has 0 bridgehead atoms. The van der Waals surface area contributed by atoms with Crippen molar-refractivity contribution in [1.29, 1.82) is 0 Å². The summed E-state index contributed by atoms with van der Waals surface area (Å²) < 4.78 is 0. The Morgan fingerprint density at radius 3 is 2.67 bits per heavy atom. The van der Waals surface area contributed by atoms with Crippen LogP contribution in [0.2, 0.25) is 0 Å². The Bertz CT molecular complexity index is 453. The minimum absolute atomic E-state index is 0.521. The maximum atomic E-state index is 5.47. The van der Waals surface area contributed by atoms with E-state index in [9.17, 15) is 0 Å². The summed E-state index contributed by atoms with van der Waals surface area (Å²) in [5.74, 6) is 0. The molecule has 0 saturated heterocycles. The fourth-order valence-corrected chi connectivity index (χ4v) is 3.19. The highest BCUT2D eigenvalue weighted by Crippen LogP contribution is 2.24. The molecule has 1 aliphatic rings. The van der Waals surface area contributed by atoms with E-state index in [-0.39, 0.29) is 0 Å². The fourth-order valence-electron chi connectivity index (χ4n) is 2.91. The van der Waals surface area contributed by atoms with Crippen molar-refractivity contribution in [1.82, 2.24) is 10.3 Å². The molecule has 0 aromatic carbocycles. The van der Waals surface area contributed by atoms with E-state index in [1.165, 1.54) is 32.1 Å². The first-order valence-corrected chi connectivity index (χ1v) is 8.41. The third kappa shape index (κ3) is 4.56. The predicted octanol–water partition coefficient (Wildman–Crippen LogP) is 3.55. The molecular formula is C16H26N4S. The minimum Gasteiger partial charge on any atom is -0.370 e. The van der Waals surface area contributed by atoms with Gasteiger partial charge in [-0.25, -0.2) is 0 Å². The Balaban J connectivity index is 1.99. The van der Waals surface area contributed by atoms with E-state index in [4.69, 9.17) is 12.2 Å². The van der Waals surface area contributed by atoms with E-state index < -0.39 is 0 Å². The number of anilines is 2. The zero-order valence-corrected chi connectivity index (χ0v) is 13.9. The Hall–Kier alpha value is -1.36. The lowest BCUT2D eigenvalue weighted by molar-refractivity contribution is 0.415. The van der Waals surface area contributed by atoms with Crippen LogP contribution >= 0.6 is 12.2 Å². The highest BCUT2D eigenvalue weighted by molar-refractivity contribution is 7.80. The SMILES string of the molecule is CCN(CC)c1ccncc1NC(=S)NC1CCCCC1. The Morgan fingerprint density at radius 1 is 1.29 bits per heavy atom. The molecule has 5 heteroatoms. The summed E-state index contributed by atoms with van der Waals surface area (Å²) in [4.78, 5) is 6.52. The molecular weight excluding hydrogens is 280 g/mol. The zero-order chi connectivity index (χ0) is 15.1. The lowest BCUT2D eigenvalue weighted by Gasteiger charge is -2.27. The van der Waals surface area contributed by atoms with Crippen LogP contribution in [0.4, 0.5) is 11.4 Å². The number of rotatable bonds is 5. The van der Waals surface area contributed by atoms with Gasteiger partial charge >= 0.3 is 0 Å². The largest absolute Gasteiger partial charge is 0.370 e. The number of aromatic nitrogens is 1. The van der Waals surface area contributed by atoms with Gasteiger partial charge in [0, 0.05) is 25.3 Å². The molecule has 0 aliphatic heterocycles. The van der Waals surface area contributed by atoms with Crippen LogP contribution < -0.4 is 15.5 Å². The molecule has 2 N–H and O–H groups in total. The monoisotopic (exact) mass is 306 g/mol. The molecule has 21 heavy (non-hydrogen) atoms. The minimum atomic E-state index is 0.521. The summed E-state index contributed by atoms with van der Waals surface area (Å²) in [5, 5.41) is 7.48. The van der Waals surface area contributed by atoms with Crippen LogP contribution in [0.25, 0.3) is 0 Å². The number of hydrogen-bond donors (Lipinski definition) is 2. The van der Waals surface area contributed by atoms with E-state index in [2.05, 4.69) is 34.4 Å². The van der Waals surface area contributed by atoms with Gasteiger partial charge in [0.2, 0.25) is 0 Å². The van der Waals surface area contributed by atoms with Crippen LogP contribution in [-0.2, 0) is 0 Å². The smallest absolute Gasteiger partial charge is 0.171 e. The predicted molar refractivity (Wildman–Crippen MR) is 94.0 cm³/mol. The molecule has 0 atom stereocenters. The maximum Gasteiger partial charge on any atom is 0.171 e. The van der Waals surface area contributed by atoms with Gasteiger partial charge in [0.25, 0.3) is 0 Å². The zero-order valence-electron chi connectivity index (χ0n) is 13.1. The van der Waals surface area contributed by atoms with E-state index in [1.807, 2.05) is 18.5 Å². The summed E-state index contributed by atoms with van der Waals surface area (Å²) in [6, 6.07) is 2.56. The van der Waals surface area contributed by atoms with E-state index in [0.29, 0.717) is 11.2 Å². The van der Waals surface area contributed by atoms with Crippen molar-refractivity contribution in [3.63, 3.8) is 0 Å². The third-order valence-electron chi connectivity index (χ3n) is 4.09. The summed E-state index contributed by atoms with van der Waals surface area (Å²) in [6.07, 6.45) is 10.1. The quantitative estimate of drug-likeness (QED) is 0.814. The Morgan fingerprint density at radius 2 is 2.00 bits per heavy atom. The molecule has 0 radical (unpaired) electrons. The highest BCUT2D eigenvalue weighted by Gasteiger charge is 2.15. The molecule has 0 unspecified atom stereocenters. The summed E-state index contributed by atoms with van der Waals surface area (Å²) >= 11 is 5.47. The second-order valence-corrected chi connectivity index (χ2v) is 5.91. The molecule has 2 rings (SSSR count). The first kappa shape index (κ1) is 16.0. The number of pyridine rings is 1. The number of nitrogens with zero attached hydrogens (tertiary/aromatic N) is 2. The van der Waals surface area contributed by atoms with Gasteiger partial charge in [-0.15, -0.1) is 0 Å². The molecule has 0 amide bonds. The van der Waals surface area contributed by atoms with Crippen LogP contribution in [0, 0.1) is 0 Å². The van der Waals surface area contributed by atoms with Crippen molar-refractivity contribution in [2.45, 2.75) is 52.0 Å². The highest BCUT2D eigenvalue weighted by atomic mass is 32.1. The van der Waals surface area contributed by atoms with Crippen molar-refractivity contribution in [3.8, 4) is 0 Å². The van der Waals surface area contributed by atoms with Crippen molar-refractivity contribution in [2.75, 3.05) is 23.3 Å². The molecule has 1 aromatic heterocycles. The topological polar surface area (TPSA) is 40.2 Å².